The largest absolute Gasteiger partial charge is 0.323 e. The second kappa shape index (κ2) is 10.5. The smallest absolute Gasteiger partial charge is 0.238 e. The summed E-state index contributed by atoms with van der Waals surface area (Å²) >= 11 is 0. The van der Waals surface area contributed by atoms with Gasteiger partial charge in [0.25, 0.3) is 0 Å². The number of anilines is 1. The summed E-state index contributed by atoms with van der Waals surface area (Å²) < 4.78 is 0. The molecule has 0 saturated carbocycles. The van der Waals surface area contributed by atoms with Gasteiger partial charge in [0.05, 0.1) is 18.8 Å². The summed E-state index contributed by atoms with van der Waals surface area (Å²) in [6.07, 6.45) is 4.60. The highest BCUT2D eigenvalue weighted by Gasteiger charge is 2.15. The van der Waals surface area contributed by atoms with E-state index < -0.39 is 0 Å². The van der Waals surface area contributed by atoms with Gasteiger partial charge in [-0.15, -0.1) is 0 Å². The van der Waals surface area contributed by atoms with Gasteiger partial charge in [-0.3, -0.25) is 14.6 Å². The molecule has 0 saturated heterocycles. The van der Waals surface area contributed by atoms with Crippen molar-refractivity contribution in [3.8, 4) is 11.1 Å². The van der Waals surface area contributed by atoms with Gasteiger partial charge in [-0.1, -0.05) is 38.1 Å². The third-order valence-electron chi connectivity index (χ3n) is 4.83. The average molecular weight is 422 g/mol. The third kappa shape index (κ3) is 6.02. The van der Waals surface area contributed by atoms with Crippen LogP contribution in [0.4, 0.5) is 5.69 Å². The van der Waals surface area contributed by atoms with E-state index in [9.17, 15) is 9.59 Å². The molecule has 0 radical (unpaired) electrons. The van der Waals surface area contributed by atoms with Crippen molar-refractivity contribution in [3.05, 3.63) is 71.6 Å². The van der Waals surface area contributed by atoms with Crippen LogP contribution in [-0.4, -0.2) is 33.2 Å². The summed E-state index contributed by atoms with van der Waals surface area (Å²) in [6, 6.07) is 11.8. The van der Waals surface area contributed by atoms with Gasteiger partial charge in [0.2, 0.25) is 5.91 Å². The fourth-order valence-corrected chi connectivity index (χ4v) is 3.15. The van der Waals surface area contributed by atoms with Crippen LogP contribution < -0.4 is 10.6 Å². The number of hydrogen-bond donors (Lipinski definition) is 2. The van der Waals surface area contributed by atoms with E-state index in [2.05, 4.69) is 44.6 Å². The van der Waals surface area contributed by atoms with Crippen LogP contribution in [0.25, 0.3) is 11.1 Å². The first-order valence-corrected chi connectivity index (χ1v) is 10.4. The maximum Gasteiger partial charge on any atom is 0.238 e. The average Bonchev–Trinajstić information content (AvgIpc) is 2.78. The lowest BCUT2D eigenvalue weighted by Crippen LogP contribution is -2.29. The van der Waals surface area contributed by atoms with Crippen LogP contribution in [-0.2, 0) is 17.8 Å². The molecular formula is C24H31N5O2. The lowest BCUT2D eigenvalue weighted by Gasteiger charge is -2.12. The number of ketones is 1. The van der Waals surface area contributed by atoms with Crippen LogP contribution in [0.5, 0.6) is 0 Å². The van der Waals surface area contributed by atoms with Crippen LogP contribution in [0, 0.1) is 6.92 Å². The zero-order valence-electron chi connectivity index (χ0n) is 18.1. The summed E-state index contributed by atoms with van der Waals surface area (Å²) in [5, 5.41) is 5.87. The Morgan fingerprint density at radius 3 is 2.65 bits per heavy atom. The minimum absolute atomic E-state index is 0. The van der Waals surface area contributed by atoms with Crippen molar-refractivity contribution in [1.29, 1.82) is 0 Å². The number of rotatable bonds is 9. The molecule has 0 bridgehead atoms. The van der Waals surface area contributed by atoms with Crippen molar-refractivity contribution in [3.63, 3.8) is 0 Å². The van der Waals surface area contributed by atoms with Crippen LogP contribution in [0.1, 0.15) is 50.7 Å². The molecule has 0 fully saturated rings. The predicted molar refractivity (Wildman–Crippen MR) is 125 cm³/mol. The first-order valence-electron chi connectivity index (χ1n) is 10.4. The number of nitrogens with zero attached hydrogens (tertiary/aromatic N) is 3. The number of amides is 1. The Kier molecular flexibility index (Phi) is 7.56. The number of pyridine rings is 1. The summed E-state index contributed by atoms with van der Waals surface area (Å²) in [7, 11) is 0. The van der Waals surface area contributed by atoms with E-state index in [0.29, 0.717) is 24.5 Å². The van der Waals surface area contributed by atoms with E-state index >= 15 is 0 Å². The summed E-state index contributed by atoms with van der Waals surface area (Å²) in [4.78, 5) is 37.7. The molecule has 2 N–H and O–H groups in total. The molecule has 2 heterocycles. The molecule has 0 aliphatic rings. The highest BCUT2D eigenvalue weighted by molar-refractivity contribution is 6.04. The van der Waals surface area contributed by atoms with Crippen molar-refractivity contribution < 1.29 is 12.4 Å². The lowest BCUT2D eigenvalue weighted by molar-refractivity contribution is -0.115. The Morgan fingerprint density at radius 2 is 1.90 bits per heavy atom. The monoisotopic (exact) mass is 421 g/mol. The lowest BCUT2D eigenvalue weighted by atomic mass is 10.0. The first kappa shape index (κ1) is 22.2. The van der Waals surface area contributed by atoms with Gasteiger partial charge < -0.3 is 10.6 Å². The highest BCUT2D eigenvalue weighted by atomic mass is 16.2. The molecule has 0 atom stereocenters. The number of hydrogen-bond acceptors (Lipinski definition) is 6. The van der Waals surface area contributed by atoms with E-state index in [4.69, 9.17) is 0 Å². The van der Waals surface area contributed by atoms with E-state index in [1.807, 2.05) is 31.2 Å². The van der Waals surface area contributed by atoms with Gasteiger partial charge in [-0.25, -0.2) is 9.97 Å². The van der Waals surface area contributed by atoms with Crippen LogP contribution in [0.2, 0.25) is 0 Å². The molecule has 7 nitrogen and oxygen atoms in total. The molecule has 2 aromatic heterocycles. The second-order valence-corrected chi connectivity index (χ2v) is 7.22. The molecule has 7 heteroatoms. The van der Waals surface area contributed by atoms with Gasteiger partial charge in [-0.2, -0.15) is 0 Å². The Hall–Kier alpha value is -3.45. The Labute approximate surface area is 185 Å². The second-order valence-electron chi connectivity index (χ2n) is 7.22. The fraction of sp³-hybridized carbons (Fsp3) is 0.292. The van der Waals surface area contributed by atoms with Gasteiger partial charge in [0.15, 0.2) is 5.78 Å². The molecule has 3 rings (SSSR count). The number of carbonyl (C=O) groups excluding carboxylic acids is 2. The summed E-state index contributed by atoms with van der Waals surface area (Å²) in [5.74, 6) is 0.235. The molecule has 0 aliphatic heterocycles. The topological polar surface area (TPSA) is 96.9 Å². The Balaban J connectivity index is 0.00000272. The maximum absolute atomic E-state index is 12.5. The molecular weight excluding hydrogens is 390 g/mol. The van der Waals surface area contributed by atoms with Crippen molar-refractivity contribution in [1.82, 2.24) is 20.3 Å². The molecule has 0 unspecified atom stereocenters. The minimum Gasteiger partial charge on any atom is -0.323 e. The Bertz CT molecular complexity index is 1090. The fourth-order valence-electron chi connectivity index (χ4n) is 3.15. The summed E-state index contributed by atoms with van der Waals surface area (Å²) in [5.41, 5.74) is 4.61. The standard InChI is InChI=1S/C24H27N5O2.2H2/c1-4-17-7-6-8-18(11-17)19-12-20(24(27-13-19)21(30)5-2)29-23(31)15-25-14-22-26-10-9-16(3)28-22;;/h6-13,25H,4-5,14-15H2,1-3H3,(H,29,31);2*1H. The number of aromatic nitrogens is 3. The minimum atomic E-state index is -0.265. The molecule has 31 heavy (non-hydrogen) atoms. The van der Waals surface area contributed by atoms with Crippen molar-refractivity contribution in [2.75, 3.05) is 11.9 Å². The third-order valence-corrected chi connectivity index (χ3v) is 4.83. The molecule has 3 aromatic rings. The van der Waals surface area contributed by atoms with Gasteiger partial charge in [-0.05, 0) is 36.6 Å². The molecule has 164 valence electrons. The van der Waals surface area contributed by atoms with E-state index in [1.165, 1.54) is 5.56 Å². The molecule has 1 amide bonds. The van der Waals surface area contributed by atoms with Crippen LogP contribution >= 0.6 is 0 Å². The number of Topliss-reactive ketones (excluding diaryl/α,β-unsaturated/α-hetero) is 1. The van der Waals surface area contributed by atoms with Gasteiger partial charge >= 0.3 is 0 Å². The quantitative estimate of drug-likeness (QED) is 0.502. The number of carbonyl (C=O) groups is 2. The van der Waals surface area contributed by atoms with E-state index in [1.54, 1.807) is 19.3 Å². The number of benzene rings is 1. The highest BCUT2D eigenvalue weighted by Crippen LogP contribution is 2.26. The normalized spacial score (nSPS) is 10.7. The molecule has 0 aliphatic carbocycles. The van der Waals surface area contributed by atoms with Gasteiger partial charge in [0.1, 0.15) is 11.5 Å². The van der Waals surface area contributed by atoms with Crippen molar-refractivity contribution >= 4 is 17.4 Å². The van der Waals surface area contributed by atoms with Crippen molar-refractivity contribution in [2.45, 2.75) is 40.2 Å². The Morgan fingerprint density at radius 1 is 1.06 bits per heavy atom. The molecule has 0 spiro atoms. The zero-order valence-corrected chi connectivity index (χ0v) is 18.1. The van der Waals surface area contributed by atoms with Gasteiger partial charge in [0, 0.05) is 32.9 Å². The first-order chi connectivity index (χ1) is 15.0. The number of nitrogens with one attached hydrogen (secondary N) is 2. The molecule has 1 aromatic carbocycles. The van der Waals surface area contributed by atoms with Crippen LogP contribution in [0.15, 0.2) is 48.8 Å². The SMILES string of the molecule is CCC(=O)c1ncc(-c2cccc(CC)c2)cc1NC(=O)CNCc1nccc(C)n1.[HH].[HH]. The van der Waals surface area contributed by atoms with Crippen molar-refractivity contribution in [2.24, 2.45) is 0 Å². The number of aryl methyl sites for hydroxylation is 2. The van der Waals surface area contributed by atoms with Crippen LogP contribution in [0.3, 0.4) is 0 Å². The maximum atomic E-state index is 12.5. The predicted octanol–water partition coefficient (Wildman–Crippen LogP) is 4.22. The zero-order chi connectivity index (χ0) is 22.2. The summed E-state index contributed by atoms with van der Waals surface area (Å²) in [6.45, 7) is 6.20. The van der Waals surface area contributed by atoms with E-state index in [0.717, 1.165) is 23.2 Å². The van der Waals surface area contributed by atoms with E-state index in [-0.39, 0.29) is 26.8 Å².